The minimum atomic E-state index is -2.77. The lowest BCUT2D eigenvalue weighted by Gasteiger charge is -2.00. The van der Waals surface area contributed by atoms with E-state index in [2.05, 4.69) is 4.74 Å². The summed E-state index contributed by atoms with van der Waals surface area (Å²) in [5, 5.41) is 6.37. The van der Waals surface area contributed by atoms with E-state index < -0.39 is 12.3 Å². The molecule has 0 aromatic heterocycles. The van der Waals surface area contributed by atoms with Crippen LogP contribution >= 0.6 is 0 Å². The summed E-state index contributed by atoms with van der Waals surface area (Å²) in [6, 6.07) is 0. The number of ether oxygens (including phenoxy) is 1. The number of halogens is 2. The van der Waals surface area contributed by atoms with Crippen LogP contribution in [-0.4, -0.2) is 18.9 Å². The van der Waals surface area contributed by atoms with Gasteiger partial charge in [-0.1, -0.05) is 0 Å². The topological polar surface area (TPSA) is 33.1 Å². The monoisotopic (exact) mass is 123 g/mol. The van der Waals surface area contributed by atoms with Gasteiger partial charge in [0, 0.05) is 0 Å². The quantitative estimate of drug-likeness (QED) is 0.435. The predicted octanol–water partition coefficient (Wildman–Crippen LogP) is 1.27. The maximum Gasteiger partial charge on any atom is 0.312 e. The van der Waals surface area contributed by atoms with Crippen LogP contribution in [0.15, 0.2) is 0 Å². The fraction of sp³-hybridized carbons (Fsp3) is 0.750. The Labute approximate surface area is 46.0 Å². The molecule has 0 radical (unpaired) electrons. The van der Waals surface area contributed by atoms with Gasteiger partial charge in [-0.2, -0.15) is 8.78 Å². The van der Waals surface area contributed by atoms with Gasteiger partial charge >= 0.3 is 6.43 Å². The van der Waals surface area contributed by atoms with Gasteiger partial charge in [0.2, 0.25) is 5.90 Å². The molecule has 0 amide bonds. The molecule has 0 spiro atoms. The minimum absolute atomic E-state index is 0.128. The van der Waals surface area contributed by atoms with E-state index in [1.165, 1.54) is 0 Å². The van der Waals surface area contributed by atoms with Crippen molar-refractivity contribution in [2.75, 3.05) is 6.61 Å². The number of nitrogens with one attached hydrogen (secondary N) is 1. The molecular formula is C4H7F2NO. The van der Waals surface area contributed by atoms with Gasteiger partial charge in [0.15, 0.2) is 0 Å². The van der Waals surface area contributed by atoms with Crippen LogP contribution in [0.1, 0.15) is 6.92 Å². The highest BCUT2D eigenvalue weighted by Crippen LogP contribution is 1.94. The Kier molecular flexibility index (Phi) is 3.07. The third kappa shape index (κ3) is 2.49. The second-order valence-corrected chi connectivity index (χ2v) is 1.10. The summed E-state index contributed by atoms with van der Waals surface area (Å²) in [6.07, 6.45) is -2.77. The number of rotatable bonds is 2. The number of alkyl halides is 2. The van der Waals surface area contributed by atoms with Crippen LogP contribution in [0.2, 0.25) is 0 Å². The third-order valence-corrected chi connectivity index (χ3v) is 0.498. The van der Waals surface area contributed by atoms with E-state index in [0.29, 0.717) is 0 Å². The molecule has 0 rings (SSSR count). The van der Waals surface area contributed by atoms with Crippen molar-refractivity contribution in [1.82, 2.24) is 0 Å². The van der Waals surface area contributed by atoms with Crippen molar-refractivity contribution in [3.63, 3.8) is 0 Å². The SMILES string of the molecule is CCOC(=N)C(F)F. The Morgan fingerprint density at radius 2 is 2.25 bits per heavy atom. The van der Waals surface area contributed by atoms with Crippen molar-refractivity contribution in [3.05, 3.63) is 0 Å². The Hall–Kier alpha value is -0.670. The van der Waals surface area contributed by atoms with Crippen LogP contribution < -0.4 is 0 Å². The van der Waals surface area contributed by atoms with Crippen LogP contribution in [0.25, 0.3) is 0 Å². The van der Waals surface area contributed by atoms with Crippen molar-refractivity contribution in [3.8, 4) is 0 Å². The van der Waals surface area contributed by atoms with E-state index in [1.54, 1.807) is 6.92 Å². The summed E-state index contributed by atoms with van der Waals surface area (Å²) in [4.78, 5) is 0. The molecule has 4 heteroatoms. The van der Waals surface area contributed by atoms with Gasteiger partial charge in [-0.05, 0) is 6.92 Å². The molecule has 0 saturated carbocycles. The van der Waals surface area contributed by atoms with Gasteiger partial charge < -0.3 is 4.74 Å². The number of hydrogen-bond acceptors (Lipinski definition) is 2. The van der Waals surface area contributed by atoms with Crippen molar-refractivity contribution >= 4 is 5.90 Å². The maximum atomic E-state index is 11.3. The first kappa shape index (κ1) is 7.33. The first-order valence-electron chi connectivity index (χ1n) is 2.18. The maximum absolute atomic E-state index is 11.3. The minimum Gasteiger partial charge on any atom is -0.477 e. The molecule has 1 N–H and O–H groups in total. The van der Waals surface area contributed by atoms with E-state index in [4.69, 9.17) is 5.41 Å². The molecule has 0 aromatic rings. The van der Waals surface area contributed by atoms with Gasteiger partial charge in [-0.25, -0.2) is 0 Å². The highest BCUT2D eigenvalue weighted by molar-refractivity contribution is 5.75. The fourth-order valence-corrected chi connectivity index (χ4v) is 0.218. The molecule has 0 bridgehead atoms. The Balaban J connectivity index is 3.33. The van der Waals surface area contributed by atoms with E-state index in [9.17, 15) is 8.78 Å². The lowest BCUT2D eigenvalue weighted by atomic mass is 10.7. The first-order chi connectivity index (χ1) is 3.68. The normalized spacial score (nSPS) is 9.50. The van der Waals surface area contributed by atoms with Crippen molar-refractivity contribution in [1.29, 1.82) is 5.41 Å². The smallest absolute Gasteiger partial charge is 0.312 e. The molecule has 0 aliphatic carbocycles. The molecule has 0 saturated heterocycles. The molecule has 48 valence electrons. The summed E-state index contributed by atoms with van der Waals surface area (Å²) in [7, 11) is 0. The van der Waals surface area contributed by atoms with Crippen molar-refractivity contribution in [2.24, 2.45) is 0 Å². The van der Waals surface area contributed by atoms with Gasteiger partial charge in [0.1, 0.15) is 0 Å². The van der Waals surface area contributed by atoms with Crippen LogP contribution in [0.5, 0.6) is 0 Å². The van der Waals surface area contributed by atoms with Gasteiger partial charge in [-0.15, -0.1) is 0 Å². The van der Waals surface area contributed by atoms with Crippen molar-refractivity contribution < 1.29 is 13.5 Å². The lowest BCUT2D eigenvalue weighted by Crippen LogP contribution is -2.12. The van der Waals surface area contributed by atoms with Gasteiger partial charge in [0.25, 0.3) is 0 Å². The number of hydrogen-bond donors (Lipinski definition) is 1. The average molecular weight is 123 g/mol. The largest absolute Gasteiger partial charge is 0.477 e. The highest BCUT2D eigenvalue weighted by atomic mass is 19.3. The Morgan fingerprint density at radius 1 is 1.75 bits per heavy atom. The van der Waals surface area contributed by atoms with E-state index >= 15 is 0 Å². The molecule has 0 heterocycles. The second kappa shape index (κ2) is 3.35. The zero-order valence-electron chi connectivity index (χ0n) is 4.45. The second-order valence-electron chi connectivity index (χ2n) is 1.10. The third-order valence-electron chi connectivity index (χ3n) is 0.498. The predicted molar refractivity (Wildman–Crippen MR) is 25.4 cm³/mol. The van der Waals surface area contributed by atoms with E-state index in [0.717, 1.165) is 0 Å². The van der Waals surface area contributed by atoms with Crippen molar-refractivity contribution in [2.45, 2.75) is 13.3 Å². The fourth-order valence-electron chi connectivity index (χ4n) is 0.218. The van der Waals surface area contributed by atoms with E-state index in [-0.39, 0.29) is 6.61 Å². The summed E-state index contributed by atoms with van der Waals surface area (Å²) >= 11 is 0. The standard InChI is InChI=1S/C4H7F2NO/c1-2-8-4(7)3(5)6/h3,7H,2H2,1H3. The molecule has 0 unspecified atom stereocenters. The molecule has 8 heavy (non-hydrogen) atoms. The molecule has 0 aliphatic heterocycles. The van der Waals surface area contributed by atoms with Crippen LogP contribution in [0, 0.1) is 5.41 Å². The molecule has 0 aliphatic rings. The average Bonchev–Trinajstić information content (AvgIpc) is 1.67. The first-order valence-corrected chi connectivity index (χ1v) is 2.18. The van der Waals surface area contributed by atoms with Crippen LogP contribution in [0.4, 0.5) is 8.78 Å². The summed E-state index contributed by atoms with van der Waals surface area (Å²) in [5.41, 5.74) is 0. The zero-order chi connectivity index (χ0) is 6.57. The lowest BCUT2D eigenvalue weighted by molar-refractivity contribution is 0.170. The molecule has 0 fully saturated rings. The Morgan fingerprint density at radius 3 is 2.38 bits per heavy atom. The molecule has 2 nitrogen and oxygen atoms in total. The van der Waals surface area contributed by atoms with Gasteiger partial charge in [0.05, 0.1) is 6.61 Å². The summed E-state index contributed by atoms with van der Waals surface area (Å²) in [5.74, 6) is -0.951. The Bertz CT molecular complexity index is 84.1. The van der Waals surface area contributed by atoms with Crippen LogP contribution in [-0.2, 0) is 4.74 Å². The van der Waals surface area contributed by atoms with Crippen LogP contribution in [0.3, 0.4) is 0 Å². The summed E-state index contributed by atoms with van der Waals surface area (Å²) < 4.78 is 26.7. The molecule has 0 atom stereocenters. The van der Waals surface area contributed by atoms with Gasteiger partial charge in [-0.3, -0.25) is 5.41 Å². The zero-order valence-corrected chi connectivity index (χ0v) is 4.45. The summed E-state index contributed by atoms with van der Waals surface area (Å²) in [6.45, 7) is 1.68. The highest BCUT2D eigenvalue weighted by Gasteiger charge is 2.09. The van der Waals surface area contributed by atoms with E-state index in [1.807, 2.05) is 0 Å². The molecular weight excluding hydrogens is 116 g/mol. The molecule has 0 aromatic carbocycles.